The third-order valence-corrected chi connectivity index (χ3v) is 7.72. The van der Waals surface area contributed by atoms with Gasteiger partial charge in [-0.25, -0.2) is 9.88 Å². The van der Waals surface area contributed by atoms with Gasteiger partial charge in [-0.3, -0.25) is 14.2 Å². The van der Waals surface area contributed by atoms with Gasteiger partial charge >= 0.3 is 25.4 Å². The van der Waals surface area contributed by atoms with Crippen molar-refractivity contribution in [1.29, 1.82) is 0 Å². The number of cyclic esters (lactones) is 1. The van der Waals surface area contributed by atoms with Gasteiger partial charge in [0, 0.05) is 24.7 Å². The zero-order valence-electron chi connectivity index (χ0n) is 23.3. The lowest BCUT2D eigenvalue weighted by molar-refractivity contribution is -0.149. The molecule has 0 saturated heterocycles. The zero-order chi connectivity index (χ0) is 28.6. The number of benzene rings is 1. The van der Waals surface area contributed by atoms with Crippen molar-refractivity contribution in [3.05, 3.63) is 33.9 Å². The maximum Gasteiger partial charge on any atom is 0.342 e. The minimum absolute atomic E-state index is 0.0140. The predicted molar refractivity (Wildman–Crippen MR) is 139 cm³/mol. The summed E-state index contributed by atoms with van der Waals surface area (Å²) in [5.74, 6) is -1.09. The van der Waals surface area contributed by atoms with E-state index in [2.05, 4.69) is 5.09 Å². The van der Waals surface area contributed by atoms with E-state index in [1.165, 1.54) is 28.3 Å². The van der Waals surface area contributed by atoms with Crippen molar-refractivity contribution in [3.8, 4) is 11.5 Å². The lowest BCUT2D eigenvalue weighted by Gasteiger charge is -2.26. The number of rotatable bonds is 14. The van der Waals surface area contributed by atoms with Crippen molar-refractivity contribution in [3.63, 3.8) is 0 Å². The summed E-state index contributed by atoms with van der Waals surface area (Å²) in [6, 6.07) is -0.991. The smallest absolute Gasteiger partial charge is 0.342 e. The third-order valence-electron chi connectivity index (χ3n) is 5.87. The van der Waals surface area contributed by atoms with Crippen LogP contribution >= 0.6 is 7.52 Å². The first kappa shape index (κ1) is 31.3. The molecule has 212 valence electrons. The Morgan fingerprint density at radius 2 is 1.82 bits per heavy atom. The van der Waals surface area contributed by atoms with Gasteiger partial charge in [-0.1, -0.05) is 11.6 Å². The Hall–Kier alpha value is -2.88. The van der Waals surface area contributed by atoms with Gasteiger partial charge in [0.25, 0.3) is 0 Å². The summed E-state index contributed by atoms with van der Waals surface area (Å²) in [5, 5.41) is 2.71. The maximum atomic E-state index is 13.9. The van der Waals surface area contributed by atoms with Gasteiger partial charge in [-0.2, -0.15) is 0 Å². The number of ether oxygens (including phenoxy) is 5. The fourth-order valence-corrected chi connectivity index (χ4v) is 5.69. The molecular formula is C26H38NO10P. The Kier molecular flexibility index (Phi) is 11.4. The fourth-order valence-electron chi connectivity index (χ4n) is 3.98. The number of esters is 3. The lowest BCUT2D eigenvalue weighted by Crippen LogP contribution is -2.36. The molecule has 11 nitrogen and oxygen atoms in total. The molecule has 1 N–H and O–H groups in total. The number of carbonyl (C=O) groups excluding carboxylic acids is 3. The first-order valence-corrected chi connectivity index (χ1v) is 14.1. The van der Waals surface area contributed by atoms with Gasteiger partial charge in [0.15, 0.2) is 0 Å². The van der Waals surface area contributed by atoms with Crippen molar-refractivity contribution in [1.82, 2.24) is 5.09 Å². The molecule has 12 heteroatoms. The number of methoxy groups -OCH3 is 3. The van der Waals surface area contributed by atoms with E-state index in [9.17, 15) is 18.9 Å². The van der Waals surface area contributed by atoms with Crippen LogP contribution in [0.5, 0.6) is 11.5 Å². The van der Waals surface area contributed by atoms with Crippen molar-refractivity contribution in [2.24, 2.45) is 0 Å². The van der Waals surface area contributed by atoms with E-state index in [-0.39, 0.29) is 49.2 Å². The van der Waals surface area contributed by atoms with Crippen LogP contribution in [-0.4, -0.2) is 57.7 Å². The third kappa shape index (κ3) is 7.82. The minimum atomic E-state index is -3.92. The predicted octanol–water partition coefficient (Wildman–Crippen LogP) is 4.22. The lowest BCUT2D eigenvalue weighted by atomic mass is 9.94. The molecule has 1 aliphatic heterocycles. The first-order chi connectivity index (χ1) is 17.9. The van der Waals surface area contributed by atoms with Crippen molar-refractivity contribution < 1.29 is 47.2 Å². The van der Waals surface area contributed by atoms with Gasteiger partial charge in [0.1, 0.15) is 36.1 Å². The molecule has 2 unspecified atom stereocenters. The summed E-state index contributed by atoms with van der Waals surface area (Å²) in [6.07, 6.45) is 2.04. The molecule has 0 bridgehead atoms. The highest BCUT2D eigenvalue weighted by Crippen LogP contribution is 2.51. The Bertz CT molecular complexity index is 1130. The molecule has 0 spiro atoms. The van der Waals surface area contributed by atoms with Crippen molar-refractivity contribution >= 4 is 25.4 Å². The Morgan fingerprint density at radius 3 is 2.39 bits per heavy atom. The van der Waals surface area contributed by atoms with Gasteiger partial charge in [0.2, 0.25) is 0 Å². The van der Waals surface area contributed by atoms with Crippen LogP contribution in [0.25, 0.3) is 0 Å². The summed E-state index contributed by atoms with van der Waals surface area (Å²) in [6.45, 7) is 8.59. The SMILES string of the molecule is COCP(=O)(NC(C)C(=O)OC(C)C)Oc1c(C/C=C(\C)CCC(=O)OC)c(OC)c(C)c2c1C(=O)OC2. The van der Waals surface area contributed by atoms with Gasteiger partial charge in [0.05, 0.1) is 20.3 Å². The molecule has 2 rings (SSSR count). The Morgan fingerprint density at radius 1 is 1.13 bits per heavy atom. The van der Waals surface area contributed by atoms with Crippen LogP contribution in [-0.2, 0) is 46.1 Å². The van der Waals surface area contributed by atoms with E-state index in [1.54, 1.807) is 20.8 Å². The monoisotopic (exact) mass is 555 g/mol. The second-order valence-corrected chi connectivity index (χ2v) is 11.3. The number of hydrogen-bond donors (Lipinski definition) is 1. The van der Waals surface area contributed by atoms with E-state index in [0.29, 0.717) is 28.9 Å². The van der Waals surface area contributed by atoms with Crippen LogP contribution in [0.3, 0.4) is 0 Å². The normalized spacial score (nSPS) is 15.4. The first-order valence-electron chi connectivity index (χ1n) is 12.2. The van der Waals surface area contributed by atoms with Gasteiger partial charge < -0.3 is 28.2 Å². The van der Waals surface area contributed by atoms with Crippen LogP contribution in [0.15, 0.2) is 11.6 Å². The summed E-state index contributed by atoms with van der Waals surface area (Å²) < 4.78 is 46.1. The highest BCUT2D eigenvalue weighted by Gasteiger charge is 2.38. The van der Waals surface area contributed by atoms with Gasteiger partial charge in [-0.05, 0) is 53.0 Å². The second kappa shape index (κ2) is 13.8. The number of hydrogen-bond acceptors (Lipinski definition) is 10. The molecule has 0 aliphatic carbocycles. The van der Waals surface area contributed by atoms with E-state index < -0.39 is 25.5 Å². The Labute approximate surface area is 223 Å². The largest absolute Gasteiger partial charge is 0.496 e. The number of nitrogens with one attached hydrogen (secondary N) is 1. The summed E-state index contributed by atoms with van der Waals surface area (Å²) in [4.78, 5) is 36.8. The summed E-state index contributed by atoms with van der Waals surface area (Å²) in [5.41, 5.74) is 2.77. The molecule has 38 heavy (non-hydrogen) atoms. The average molecular weight is 556 g/mol. The summed E-state index contributed by atoms with van der Waals surface area (Å²) in [7, 11) is 0.245. The highest BCUT2D eigenvalue weighted by atomic mass is 31.2. The summed E-state index contributed by atoms with van der Waals surface area (Å²) >= 11 is 0. The second-order valence-electron chi connectivity index (χ2n) is 9.25. The minimum Gasteiger partial charge on any atom is -0.496 e. The van der Waals surface area contributed by atoms with Crippen molar-refractivity contribution in [2.45, 2.75) is 72.6 Å². The molecular weight excluding hydrogens is 517 g/mol. The molecule has 1 heterocycles. The van der Waals surface area contributed by atoms with Crippen LogP contribution < -0.4 is 14.3 Å². The molecule has 1 aromatic rings. The van der Waals surface area contributed by atoms with E-state index in [4.69, 9.17) is 28.2 Å². The maximum absolute atomic E-state index is 13.9. The van der Waals surface area contributed by atoms with Crippen LogP contribution in [0, 0.1) is 6.92 Å². The van der Waals surface area contributed by atoms with Gasteiger partial charge in [-0.15, -0.1) is 0 Å². The zero-order valence-corrected chi connectivity index (χ0v) is 24.2. The van der Waals surface area contributed by atoms with E-state index >= 15 is 0 Å². The molecule has 1 aliphatic rings. The highest BCUT2D eigenvalue weighted by molar-refractivity contribution is 7.57. The van der Waals surface area contributed by atoms with Crippen LogP contribution in [0.2, 0.25) is 0 Å². The molecule has 0 amide bonds. The molecule has 0 saturated carbocycles. The van der Waals surface area contributed by atoms with E-state index in [1.807, 2.05) is 13.0 Å². The Balaban J connectivity index is 2.57. The van der Waals surface area contributed by atoms with E-state index in [0.717, 1.165) is 5.57 Å². The fraction of sp³-hybridized carbons (Fsp3) is 0.577. The van der Waals surface area contributed by atoms with Crippen molar-refractivity contribution in [2.75, 3.05) is 27.7 Å². The van der Waals surface area contributed by atoms with Crippen LogP contribution in [0.4, 0.5) is 0 Å². The number of allylic oxidation sites excluding steroid dienone is 2. The molecule has 0 aromatic heterocycles. The number of carbonyl (C=O) groups is 3. The standard InChI is InChI=1S/C26H38NO10P/c1-15(2)36-25(29)18(5)27-38(31,14-32-6)37-24-19(11-9-16(3)10-12-21(28)33-7)23(34-8)17(4)20-13-35-26(30)22(20)24/h9,15,18H,10-14H2,1-8H3,(H,27,31)/b16-9+. The molecule has 1 aromatic carbocycles. The molecule has 0 fully saturated rings. The quantitative estimate of drug-likeness (QED) is 0.153. The molecule has 2 atom stereocenters. The number of fused-ring (bicyclic) bond motifs is 1. The van der Waals surface area contributed by atoms with Crippen LogP contribution in [0.1, 0.15) is 67.6 Å². The topological polar surface area (TPSA) is 136 Å². The molecule has 0 radical (unpaired) electrons. The average Bonchev–Trinajstić information content (AvgIpc) is 3.24.